The lowest BCUT2D eigenvalue weighted by Crippen LogP contribution is -2.39. The Morgan fingerprint density at radius 1 is 0.962 bits per heavy atom. The van der Waals surface area contributed by atoms with Crippen molar-refractivity contribution in [3.63, 3.8) is 0 Å². The highest BCUT2D eigenvalue weighted by Gasteiger charge is 2.21. The minimum Gasteiger partial charge on any atom is -0.322 e. The second kappa shape index (κ2) is 8.24. The van der Waals surface area contributed by atoms with E-state index in [0.29, 0.717) is 11.6 Å². The smallest absolute Gasteiger partial charge is 0.241 e. The molecule has 0 aliphatic rings. The molecule has 2 aromatic rings. The molecule has 0 aliphatic carbocycles. The van der Waals surface area contributed by atoms with E-state index in [2.05, 4.69) is 10.6 Å². The van der Waals surface area contributed by atoms with Gasteiger partial charge in [0.15, 0.2) is 17.5 Å². The van der Waals surface area contributed by atoms with Gasteiger partial charge in [0.05, 0.1) is 16.8 Å². The van der Waals surface area contributed by atoms with E-state index in [1.165, 1.54) is 13.0 Å². The zero-order valence-electron chi connectivity index (χ0n) is 13.6. The number of nitrogens with one attached hydrogen (secondary N) is 2. The molecule has 0 aromatic heterocycles. The second-order valence-electron chi connectivity index (χ2n) is 5.61. The summed E-state index contributed by atoms with van der Waals surface area (Å²) in [4.78, 5) is 12.1. The van der Waals surface area contributed by atoms with E-state index in [4.69, 9.17) is 23.2 Å². The average Bonchev–Trinajstić information content (AvgIpc) is 2.58. The maximum absolute atomic E-state index is 13.6. The fourth-order valence-corrected chi connectivity index (χ4v) is 2.82. The Labute approximate surface area is 157 Å². The van der Waals surface area contributed by atoms with E-state index < -0.39 is 46.9 Å². The summed E-state index contributed by atoms with van der Waals surface area (Å²) in [7, 11) is 0. The van der Waals surface area contributed by atoms with Crippen molar-refractivity contribution in [3.05, 3.63) is 63.1 Å². The van der Waals surface area contributed by atoms with Crippen LogP contribution in [0.2, 0.25) is 10.0 Å². The average molecular weight is 409 g/mol. The molecule has 2 aromatic carbocycles. The lowest BCUT2D eigenvalue weighted by atomic mass is 10.1. The Morgan fingerprint density at radius 3 is 2.27 bits per heavy atom. The Bertz CT molecular complexity index is 848. The van der Waals surface area contributed by atoms with Crippen LogP contribution in [0.15, 0.2) is 24.3 Å². The summed E-state index contributed by atoms with van der Waals surface area (Å²) >= 11 is 11.7. The third kappa shape index (κ3) is 4.47. The van der Waals surface area contributed by atoms with Gasteiger partial charge in [-0.2, -0.15) is 0 Å². The van der Waals surface area contributed by atoms with E-state index in [1.54, 1.807) is 6.92 Å². The molecule has 9 heteroatoms. The van der Waals surface area contributed by atoms with Crippen LogP contribution >= 0.6 is 23.2 Å². The van der Waals surface area contributed by atoms with E-state index >= 15 is 0 Å². The Morgan fingerprint density at radius 2 is 1.62 bits per heavy atom. The fraction of sp³-hybridized carbons (Fsp3) is 0.235. The zero-order chi connectivity index (χ0) is 19.6. The maximum Gasteiger partial charge on any atom is 0.241 e. The van der Waals surface area contributed by atoms with Gasteiger partial charge in [0.25, 0.3) is 0 Å². The minimum atomic E-state index is -1.68. The van der Waals surface area contributed by atoms with Crippen molar-refractivity contribution in [2.24, 2.45) is 0 Å². The van der Waals surface area contributed by atoms with E-state index in [1.807, 2.05) is 0 Å². The monoisotopic (exact) mass is 408 g/mol. The number of halogens is 6. The number of carbonyl (C=O) groups is 1. The number of amides is 1. The van der Waals surface area contributed by atoms with Crippen LogP contribution in [0.3, 0.4) is 0 Å². The van der Waals surface area contributed by atoms with Crippen molar-refractivity contribution in [3.8, 4) is 0 Å². The van der Waals surface area contributed by atoms with Crippen molar-refractivity contribution < 1.29 is 22.4 Å². The molecular formula is C17H14Cl2F4N2O. The molecule has 0 fully saturated rings. The van der Waals surface area contributed by atoms with E-state index in [0.717, 1.165) is 12.1 Å². The summed E-state index contributed by atoms with van der Waals surface area (Å²) in [5.74, 6) is -5.91. The molecule has 140 valence electrons. The lowest BCUT2D eigenvalue weighted by molar-refractivity contribution is -0.118. The Balaban J connectivity index is 2.10. The SMILES string of the molecule is C[C@H](N[C@H](C)C(=O)Nc1ccc(F)c(F)c1F)c1cc(F)c(Cl)cc1Cl. The molecule has 0 spiro atoms. The highest BCUT2D eigenvalue weighted by molar-refractivity contribution is 6.35. The van der Waals surface area contributed by atoms with Crippen LogP contribution in [0.25, 0.3) is 0 Å². The predicted octanol–water partition coefficient (Wildman–Crippen LogP) is 5.23. The second-order valence-corrected chi connectivity index (χ2v) is 6.42. The van der Waals surface area contributed by atoms with Gasteiger partial charge in [-0.1, -0.05) is 23.2 Å². The van der Waals surface area contributed by atoms with Gasteiger partial charge in [0.2, 0.25) is 5.91 Å². The van der Waals surface area contributed by atoms with Gasteiger partial charge in [0, 0.05) is 11.1 Å². The number of anilines is 1. The molecule has 0 radical (unpaired) electrons. The largest absolute Gasteiger partial charge is 0.322 e. The molecule has 0 heterocycles. The molecule has 2 rings (SSSR count). The molecule has 0 aliphatic heterocycles. The van der Waals surface area contributed by atoms with E-state index in [-0.39, 0.29) is 10.0 Å². The molecule has 3 nitrogen and oxygen atoms in total. The molecule has 26 heavy (non-hydrogen) atoms. The third-order valence-electron chi connectivity index (χ3n) is 3.69. The molecule has 2 atom stereocenters. The third-order valence-corrected chi connectivity index (χ3v) is 4.31. The first-order valence-electron chi connectivity index (χ1n) is 7.46. The lowest BCUT2D eigenvalue weighted by Gasteiger charge is -2.21. The van der Waals surface area contributed by atoms with Crippen molar-refractivity contribution >= 4 is 34.8 Å². The van der Waals surface area contributed by atoms with Gasteiger partial charge >= 0.3 is 0 Å². The van der Waals surface area contributed by atoms with Gasteiger partial charge < -0.3 is 5.32 Å². The van der Waals surface area contributed by atoms with Crippen LogP contribution in [-0.4, -0.2) is 11.9 Å². The van der Waals surface area contributed by atoms with E-state index in [9.17, 15) is 22.4 Å². The Hall–Kier alpha value is -1.83. The molecule has 1 amide bonds. The summed E-state index contributed by atoms with van der Waals surface area (Å²) in [5, 5.41) is 5.08. The first-order chi connectivity index (χ1) is 12.1. The number of hydrogen-bond acceptors (Lipinski definition) is 2. The van der Waals surface area contributed by atoms with Crippen molar-refractivity contribution in [1.82, 2.24) is 5.32 Å². The number of hydrogen-bond donors (Lipinski definition) is 2. The van der Waals surface area contributed by atoms with Gasteiger partial charge in [-0.05, 0) is 43.7 Å². The molecule has 2 N–H and O–H groups in total. The fourth-order valence-electron chi connectivity index (χ4n) is 2.27. The topological polar surface area (TPSA) is 41.1 Å². The normalized spacial score (nSPS) is 13.4. The van der Waals surface area contributed by atoms with Crippen LogP contribution in [0.5, 0.6) is 0 Å². The summed E-state index contributed by atoms with van der Waals surface area (Å²) in [6, 6.07) is 2.56. The maximum atomic E-state index is 13.6. The van der Waals surface area contributed by atoms with Gasteiger partial charge in [0.1, 0.15) is 5.82 Å². The molecule has 0 saturated carbocycles. The van der Waals surface area contributed by atoms with Gasteiger partial charge in [-0.25, -0.2) is 17.6 Å². The molecule has 0 saturated heterocycles. The minimum absolute atomic E-state index is 0.134. The summed E-state index contributed by atoms with van der Waals surface area (Å²) in [6.45, 7) is 3.10. The zero-order valence-corrected chi connectivity index (χ0v) is 15.2. The number of rotatable bonds is 5. The van der Waals surface area contributed by atoms with Crippen LogP contribution in [-0.2, 0) is 4.79 Å². The van der Waals surface area contributed by atoms with Crippen LogP contribution in [0.1, 0.15) is 25.5 Å². The first kappa shape index (κ1) is 20.5. The highest BCUT2D eigenvalue weighted by atomic mass is 35.5. The van der Waals surface area contributed by atoms with Crippen LogP contribution in [0, 0.1) is 23.3 Å². The number of benzene rings is 2. The molecule has 0 unspecified atom stereocenters. The Kier molecular flexibility index (Phi) is 6.49. The van der Waals surface area contributed by atoms with Crippen molar-refractivity contribution in [2.45, 2.75) is 25.9 Å². The summed E-state index contributed by atoms with van der Waals surface area (Å²) < 4.78 is 53.4. The molecule has 0 bridgehead atoms. The molecular weight excluding hydrogens is 395 g/mol. The van der Waals surface area contributed by atoms with Crippen LogP contribution in [0.4, 0.5) is 23.2 Å². The van der Waals surface area contributed by atoms with Gasteiger partial charge in [-0.3, -0.25) is 10.1 Å². The van der Waals surface area contributed by atoms with Crippen molar-refractivity contribution in [2.75, 3.05) is 5.32 Å². The highest BCUT2D eigenvalue weighted by Crippen LogP contribution is 2.29. The first-order valence-corrected chi connectivity index (χ1v) is 8.22. The van der Waals surface area contributed by atoms with Gasteiger partial charge in [-0.15, -0.1) is 0 Å². The predicted molar refractivity (Wildman–Crippen MR) is 92.4 cm³/mol. The standard InChI is InChI=1S/C17H14Cl2F4N2O/c1-7(9-5-13(21)11(19)6-10(9)18)24-8(2)17(26)25-14-4-3-12(20)15(22)16(14)23/h3-8,24H,1-2H3,(H,25,26)/t7-,8+/m0/s1. The van der Waals surface area contributed by atoms with Crippen molar-refractivity contribution in [1.29, 1.82) is 0 Å². The summed E-state index contributed by atoms with van der Waals surface area (Å²) in [6.07, 6.45) is 0. The summed E-state index contributed by atoms with van der Waals surface area (Å²) in [5.41, 5.74) is -0.127. The number of carbonyl (C=O) groups excluding carboxylic acids is 1. The quantitative estimate of drug-likeness (QED) is 0.404. The van der Waals surface area contributed by atoms with Crippen LogP contribution < -0.4 is 10.6 Å².